The largest absolute Gasteiger partial charge is 3.00 e. The molecule has 0 aliphatic rings. The molecule has 0 aromatic heterocycles. The Morgan fingerprint density at radius 3 is 0.333 bits per heavy atom. The van der Waals surface area contributed by atoms with Crippen molar-refractivity contribution >= 4 is 107 Å². The second kappa shape index (κ2) is 76.5. The maximum atomic E-state index is 0. The van der Waals surface area contributed by atoms with E-state index in [4.69, 9.17) is 0 Å². The number of hydrogen-bond donors (Lipinski definition) is 0. The summed E-state index contributed by atoms with van der Waals surface area (Å²) in [6, 6.07) is 0. The van der Waals surface area contributed by atoms with Crippen molar-refractivity contribution in [2.45, 2.75) is 0 Å². The molecular weight excluding hydrogens is 525 g/mol. The summed E-state index contributed by atoms with van der Waals surface area (Å²) in [6.45, 7) is 0. The first-order valence-electron chi connectivity index (χ1n) is 0. The summed E-state index contributed by atoms with van der Waals surface area (Å²) >= 11 is 0. The molecule has 0 N–H and O–H groups in total. The first-order valence-corrected chi connectivity index (χ1v) is 0. The van der Waals surface area contributed by atoms with Crippen molar-refractivity contribution in [1.82, 2.24) is 0 Å². The zero-order valence-corrected chi connectivity index (χ0v) is 21.6. The Hall–Kier alpha value is 4.87. The molecule has 0 atom stereocenters. The molecule has 0 aliphatic carbocycles. The molecule has 40 valence electrons. The summed E-state index contributed by atoms with van der Waals surface area (Å²) in [4.78, 5) is 0. The van der Waals surface area contributed by atoms with Crippen LogP contribution in [0.15, 0.2) is 0 Å². The van der Waals surface area contributed by atoms with Gasteiger partial charge >= 0.3 is 94.2 Å². The predicted molar refractivity (Wildman–Crippen MR) is 48.3 cm³/mol. The quantitative estimate of drug-likeness (QED) is 0.365. The Morgan fingerprint density at radius 1 is 0.333 bits per heavy atom. The predicted octanol–water partition coefficient (Wildman–Crippen LogP) is -0.779. The van der Waals surface area contributed by atoms with Gasteiger partial charge in [-0.05, 0) is 0 Å². The van der Waals surface area contributed by atoms with E-state index in [0.29, 0.717) is 0 Å². The molecule has 0 saturated carbocycles. The molecular formula is Cd2Ga2S5. The smallest absolute Gasteiger partial charge is 2.00 e. The molecule has 9 heavy (non-hydrogen) atoms. The summed E-state index contributed by atoms with van der Waals surface area (Å²) in [7, 11) is 0. The molecule has 0 saturated heterocycles. The Morgan fingerprint density at radius 2 is 0.333 bits per heavy atom. The molecule has 0 bridgehead atoms. The van der Waals surface area contributed by atoms with E-state index < -0.39 is 0 Å². The van der Waals surface area contributed by atoms with E-state index in [9.17, 15) is 0 Å². The van der Waals surface area contributed by atoms with Crippen LogP contribution in [0.1, 0.15) is 0 Å². The average molecular weight is 525 g/mol. The van der Waals surface area contributed by atoms with Crippen LogP contribution in [0.25, 0.3) is 0 Å². The van der Waals surface area contributed by atoms with Crippen molar-refractivity contribution in [1.29, 1.82) is 0 Å². The minimum atomic E-state index is 0. The molecule has 0 heterocycles. The van der Waals surface area contributed by atoms with Gasteiger partial charge < -0.3 is 67.5 Å². The third-order valence-corrected chi connectivity index (χ3v) is 0. The fourth-order valence-electron chi connectivity index (χ4n) is 0. The number of hydrogen-bond acceptors (Lipinski definition) is 0. The van der Waals surface area contributed by atoms with Crippen LogP contribution in [0.2, 0.25) is 0 Å². The van der Waals surface area contributed by atoms with Crippen molar-refractivity contribution in [3.05, 3.63) is 0 Å². The van der Waals surface area contributed by atoms with Gasteiger partial charge in [0.2, 0.25) is 0 Å². The molecule has 0 nitrogen and oxygen atoms in total. The topological polar surface area (TPSA) is 0 Å². The van der Waals surface area contributed by atoms with Gasteiger partial charge in [-0.15, -0.1) is 0 Å². The van der Waals surface area contributed by atoms with Crippen LogP contribution in [0, 0.1) is 0 Å². The van der Waals surface area contributed by atoms with E-state index in [2.05, 4.69) is 0 Å². The first kappa shape index (κ1) is 96.9. The zero-order valence-electron chi connectivity index (χ0n) is 4.61. The van der Waals surface area contributed by atoms with Gasteiger partial charge in [-0.1, -0.05) is 0 Å². The van der Waals surface area contributed by atoms with Crippen molar-refractivity contribution in [3.8, 4) is 0 Å². The van der Waals surface area contributed by atoms with Crippen molar-refractivity contribution in [2.24, 2.45) is 0 Å². The fourth-order valence-corrected chi connectivity index (χ4v) is 0. The van der Waals surface area contributed by atoms with E-state index in [0.717, 1.165) is 0 Å². The molecule has 0 radical (unpaired) electrons. The summed E-state index contributed by atoms with van der Waals surface area (Å²) in [5.41, 5.74) is 0. The Kier molecular flexibility index (Phi) is 824. The van der Waals surface area contributed by atoms with Crippen LogP contribution in [0.5, 0.6) is 0 Å². The van der Waals surface area contributed by atoms with E-state index in [1.165, 1.54) is 0 Å². The van der Waals surface area contributed by atoms with Gasteiger partial charge in [0.15, 0.2) is 0 Å². The Bertz CT molecular complexity index is 12.9. The fraction of sp³-hybridized carbons (Fsp3) is 0. The second-order valence-electron chi connectivity index (χ2n) is 0. The van der Waals surface area contributed by atoms with Crippen LogP contribution in [-0.2, 0) is 122 Å². The normalized spacial score (nSPS) is 0. The van der Waals surface area contributed by atoms with Crippen LogP contribution in [-0.4, -0.2) is 39.6 Å². The number of rotatable bonds is 0. The standard InChI is InChI=1S/2Cd.2Ga.5S/q2*+2;2*+3;5*-2. The summed E-state index contributed by atoms with van der Waals surface area (Å²) in [5.74, 6) is 0. The van der Waals surface area contributed by atoms with E-state index >= 15 is 0 Å². The van der Waals surface area contributed by atoms with Crippen LogP contribution in [0.3, 0.4) is 0 Å². The molecule has 0 aliphatic heterocycles. The maximum absolute atomic E-state index is 0. The van der Waals surface area contributed by atoms with Gasteiger partial charge in [-0.25, -0.2) is 0 Å². The Labute approximate surface area is 158 Å². The van der Waals surface area contributed by atoms with Crippen LogP contribution >= 0.6 is 0 Å². The van der Waals surface area contributed by atoms with E-state index in [1.54, 1.807) is 0 Å². The van der Waals surface area contributed by atoms with E-state index in [-0.39, 0.29) is 162 Å². The summed E-state index contributed by atoms with van der Waals surface area (Å²) < 4.78 is 0. The van der Waals surface area contributed by atoms with Gasteiger partial charge in [-0.3, -0.25) is 0 Å². The first-order chi connectivity index (χ1) is 0. The molecule has 0 amide bonds. The molecule has 0 fully saturated rings. The van der Waals surface area contributed by atoms with Gasteiger partial charge in [0.25, 0.3) is 0 Å². The molecule has 0 aromatic rings. The van der Waals surface area contributed by atoms with Crippen molar-refractivity contribution < 1.29 is 54.6 Å². The van der Waals surface area contributed by atoms with Crippen LogP contribution < -0.4 is 0 Å². The van der Waals surface area contributed by atoms with Crippen molar-refractivity contribution in [3.63, 3.8) is 0 Å². The summed E-state index contributed by atoms with van der Waals surface area (Å²) in [6.07, 6.45) is 0. The van der Waals surface area contributed by atoms with Gasteiger partial charge in [0.05, 0.1) is 0 Å². The Balaban J connectivity index is 0. The molecule has 0 spiro atoms. The molecule has 0 rings (SSSR count). The molecule has 0 unspecified atom stereocenters. The average Bonchev–Trinajstić information content (AvgIpc) is 0. The summed E-state index contributed by atoms with van der Waals surface area (Å²) in [5, 5.41) is 0. The SMILES string of the molecule is [Cd+2].[Cd+2].[Ga+3].[Ga+3].[S-2].[S-2].[S-2].[S-2].[S-2]. The minimum absolute atomic E-state index is 0. The minimum Gasteiger partial charge on any atom is -2.00 e. The van der Waals surface area contributed by atoms with E-state index in [1.807, 2.05) is 0 Å². The van der Waals surface area contributed by atoms with Gasteiger partial charge in [-0.2, -0.15) is 0 Å². The molecule has 9 heteroatoms. The third kappa shape index (κ3) is 64.1. The second-order valence-corrected chi connectivity index (χ2v) is 0. The monoisotopic (exact) mass is 526 g/mol. The zero-order chi connectivity index (χ0) is 0. The van der Waals surface area contributed by atoms with Crippen LogP contribution in [0.4, 0.5) is 0 Å². The van der Waals surface area contributed by atoms with Gasteiger partial charge in [0.1, 0.15) is 0 Å². The maximum Gasteiger partial charge on any atom is 3.00 e. The third-order valence-electron chi connectivity index (χ3n) is 0. The molecule has 0 aromatic carbocycles. The van der Waals surface area contributed by atoms with Gasteiger partial charge in [0, 0.05) is 0 Å². The van der Waals surface area contributed by atoms with Crippen molar-refractivity contribution in [2.75, 3.05) is 0 Å².